The highest BCUT2D eigenvalue weighted by atomic mass is 16.3. The van der Waals surface area contributed by atoms with Gasteiger partial charge in [-0.1, -0.05) is 0 Å². The van der Waals surface area contributed by atoms with Crippen molar-refractivity contribution >= 4 is 28.2 Å². The third kappa shape index (κ3) is 2.51. The van der Waals surface area contributed by atoms with E-state index in [1.54, 1.807) is 12.5 Å². The number of nitrogens with two attached hydrogens (primary N) is 2. The Kier molecular flexibility index (Phi) is 3.47. The summed E-state index contributed by atoms with van der Waals surface area (Å²) in [6.45, 7) is 0.553. The lowest BCUT2D eigenvalue weighted by atomic mass is 10.00. The van der Waals surface area contributed by atoms with Gasteiger partial charge in [-0.2, -0.15) is 5.10 Å². The maximum Gasteiger partial charge on any atom is 0.202 e. The van der Waals surface area contributed by atoms with Crippen molar-refractivity contribution < 1.29 is 4.42 Å². The molecule has 1 aromatic carbocycles. The predicted octanol–water partition coefficient (Wildman–Crippen LogP) is 1.90. The van der Waals surface area contributed by atoms with Gasteiger partial charge in [0.05, 0.1) is 23.7 Å². The molecule has 0 saturated carbocycles. The number of rotatable bonds is 4. The number of guanidine groups is 1. The van der Waals surface area contributed by atoms with Gasteiger partial charge in [-0.25, -0.2) is 4.99 Å². The minimum absolute atomic E-state index is 0.553. The van der Waals surface area contributed by atoms with Gasteiger partial charge in [-0.3, -0.25) is 5.10 Å². The van der Waals surface area contributed by atoms with Crippen LogP contribution >= 0.6 is 0 Å². The summed E-state index contributed by atoms with van der Waals surface area (Å²) in [5.74, 6) is 1.20. The minimum Gasteiger partial charge on any atom is -0.463 e. The molecule has 8 nitrogen and oxygen atoms in total. The van der Waals surface area contributed by atoms with E-state index in [1.807, 2.05) is 24.3 Å². The zero-order valence-corrected chi connectivity index (χ0v) is 13.0. The van der Waals surface area contributed by atoms with Gasteiger partial charge in [0.25, 0.3) is 0 Å². The fourth-order valence-corrected chi connectivity index (χ4v) is 2.90. The topological polar surface area (TPSA) is 130 Å². The van der Waals surface area contributed by atoms with Gasteiger partial charge in [0.1, 0.15) is 0 Å². The van der Waals surface area contributed by atoms with Gasteiger partial charge >= 0.3 is 0 Å². The summed E-state index contributed by atoms with van der Waals surface area (Å²) in [4.78, 5) is 4.62. The van der Waals surface area contributed by atoms with Crippen molar-refractivity contribution in [3.05, 3.63) is 42.5 Å². The smallest absolute Gasteiger partial charge is 0.202 e. The molecule has 0 bridgehead atoms. The number of aromatic nitrogens is 2. The minimum atomic E-state index is -0.927. The molecule has 0 radical (unpaired) electrons. The standard InChI is InChI=1S/C16H19N7O/c17-6-1-5-16(18)14-12(4-7-24-14)21-15(22-16)20-11-3-2-10-9-19-23-13(10)8-11/h2-4,7-9H,1,5-6,17-18H2,(H,19,23)(H2,20,21,22). The zero-order chi connectivity index (χ0) is 16.6. The van der Waals surface area contributed by atoms with Crippen molar-refractivity contribution in [2.75, 3.05) is 17.2 Å². The first-order valence-corrected chi connectivity index (χ1v) is 7.82. The van der Waals surface area contributed by atoms with Crippen molar-refractivity contribution in [3.8, 4) is 0 Å². The summed E-state index contributed by atoms with van der Waals surface area (Å²) in [7, 11) is 0. The molecule has 3 aromatic rings. The first kappa shape index (κ1) is 14.7. The molecule has 0 saturated heterocycles. The third-order valence-electron chi connectivity index (χ3n) is 4.09. The van der Waals surface area contributed by atoms with E-state index in [1.165, 1.54) is 0 Å². The van der Waals surface area contributed by atoms with E-state index < -0.39 is 5.66 Å². The maximum absolute atomic E-state index is 6.49. The van der Waals surface area contributed by atoms with Crippen LogP contribution in [-0.2, 0) is 5.66 Å². The van der Waals surface area contributed by atoms with Crippen LogP contribution < -0.4 is 22.1 Å². The van der Waals surface area contributed by atoms with Crippen molar-refractivity contribution in [1.82, 2.24) is 10.2 Å². The predicted molar refractivity (Wildman–Crippen MR) is 93.6 cm³/mol. The number of anilines is 2. The van der Waals surface area contributed by atoms with E-state index in [-0.39, 0.29) is 0 Å². The fourth-order valence-electron chi connectivity index (χ4n) is 2.90. The Hall–Kier alpha value is -2.84. The second kappa shape index (κ2) is 5.66. The molecular weight excluding hydrogens is 306 g/mol. The van der Waals surface area contributed by atoms with Crippen LogP contribution in [0.2, 0.25) is 0 Å². The molecule has 124 valence electrons. The normalized spacial score (nSPS) is 19.7. The number of furan rings is 1. The van der Waals surface area contributed by atoms with E-state index in [9.17, 15) is 0 Å². The summed E-state index contributed by atoms with van der Waals surface area (Å²) in [6, 6.07) is 7.76. The number of nitrogens with zero attached hydrogens (tertiary/aromatic N) is 2. The van der Waals surface area contributed by atoms with E-state index in [0.29, 0.717) is 24.7 Å². The van der Waals surface area contributed by atoms with Gasteiger partial charge < -0.3 is 26.5 Å². The first-order chi connectivity index (χ1) is 11.7. The molecule has 1 aliphatic heterocycles. The molecule has 4 rings (SSSR count). The van der Waals surface area contributed by atoms with Gasteiger partial charge in [0.15, 0.2) is 11.4 Å². The highest BCUT2D eigenvalue weighted by molar-refractivity contribution is 6.06. The van der Waals surface area contributed by atoms with Crippen LogP contribution in [0.4, 0.5) is 11.4 Å². The van der Waals surface area contributed by atoms with Crippen LogP contribution in [0.15, 0.2) is 46.1 Å². The van der Waals surface area contributed by atoms with Crippen molar-refractivity contribution in [2.45, 2.75) is 18.5 Å². The summed E-state index contributed by atoms with van der Waals surface area (Å²) < 4.78 is 5.54. The van der Waals surface area contributed by atoms with Crippen molar-refractivity contribution in [2.24, 2.45) is 16.5 Å². The van der Waals surface area contributed by atoms with E-state index in [0.717, 1.165) is 28.7 Å². The second-order valence-electron chi connectivity index (χ2n) is 5.86. The van der Waals surface area contributed by atoms with Gasteiger partial charge in [0.2, 0.25) is 5.96 Å². The molecule has 7 N–H and O–H groups in total. The van der Waals surface area contributed by atoms with Gasteiger partial charge in [-0.15, -0.1) is 0 Å². The van der Waals surface area contributed by atoms with Crippen LogP contribution in [0, 0.1) is 0 Å². The number of nitrogens with one attached hydrogen (secondary N) is 3. The fraction of sp³-hybridized carbons (Fsp3) is 0.250. The molecular formula is C16H19N7O. The number of hydrogen-bond donors (Lipinski definition) is 5. The molecule has 24 heavy (non-hydrogen) atoms. The SMILES string of the molecule is NCCCC1(N)N=C(Nc2ccc3cn[nH]c3c2)Nc2ccoc21. The Balaban J connectivity index is 1.64. The Morgan fingerprint density at radius 2 is 2.21 bits per heavy atom. The van der Waals surface area contributed by atoms with Crippen molar-refractivity contribution in [1.29, 1.82) is 0 Å². The van der Waals surface area contributed by atoms with Crippen LogP contribution in [-0.4, -0.2) is 22.7 Å². The Labute approximate surface area is 138 Å². The van der Waals surface area contributed by atoms with Gasteiger partial charge in [0, 0.05) is 17.1 Å². The molecule has 0 spiro atoms. The first-order valence-electron chi connectivity index (χ1n) is 7.82. The highest BCUT2D eigenvalue weighted by Gasteiger charge is 2.36. The van der Waals surface area contributed by atoms with E-state index in [4.69, 9.17) is 15.9 Å². The average molecular weight is 325 g/mol. The summed E-state index contributed by atoms with van der Waals surface area (Å²) in [5, 5.41) is 14.5. The molecule has 1 aliphatic rings. The number of H-pyrrole nitrogens is 1. The summed E-state index contributed by atoms with van der Waals surface area (Å²) >= 11 is 0. The maximum atomic E-state index is 6.49. The molecule has 0 aliphatic carbocycles. The van der Waals surface area contributed by atoms with Crippen LogP contribution in [0.25, 0.3) is 10.9 Å². The molecule has 0 fully saturated rings. The Bertz CT molecular complexity index is 897. The van der Waals surface area contributed by atoms with Crippen LogP contribution in [0.5, 0.6) is 0 Å². The summed E-state index contributed by atoms with van der Waals surface area (Å²) in [6.07, 6.45) is 4.76. The number of benzene rings is 1. The molecule has 1 atom stereocenters. The summed E-state index contributed by atoms with van der Waals surface area (Å²) in [5.41, 5.74) is 13.8. The monoisotopic (exact) mass is 325 g/mol. The molecule has 2 aromatic heterocycles. The van der Waals surface area contributed by atoms with E-state index >= 15 is 0 Å². The van der Waals surface area contributed by atoms with Crippen LogP contribution in [0.3, 0.4) is 0 Å². The number of aliphatic imine (C=N–C) groups is 1. The Morgan fingerprint density at radius 1 is 1.29 bits per heavy atom. The Morgan fingerprint density at radius 3 is 3.08 bits per heavy atom. The lowest BCUT2D eigenvalue weighted by Gasteiger charge is -2.30. The largest absolute Gasteiger partial charge is 0.463 e. The lowest BCUT2D eigenvalue weighted by molar-refractivity contribution is 0.328. The lowest BCUT2D eigenvalue weighted by Crippen LogP contribution is -2.42. The highest BCUT2D eigenvalue weighted by Crippen LogP contribution is 2.35. The van der Waals surface area contributed by atoms with Gasteiger partial charge in [-0.05, 0) is 37.6 Å². The van der Waals surface area contributed by atoms with E-state index in [2.05, 4.69) is 25.8 Å². The molecule has 1 unspecified atom stereocenters. The van der Waals surface area contributed by atoms with Crippen LogP contribution in [0.1, 0.15) is 18.6 Å². The number of fused-ring (bicyclic) bond motifs is 2. The quantitative estimate of drug-likeness (QED) is 0.498. The molecule has 3 heterocycles. The molecule has 8 heteroatoms. The average Bonchev–Trinajstić information content (AvgIpc) is 3.21. The third-order valence-corrected chi connectivity index (χ3v) is 4.09. The number of hydrogen-bond acceptors (Lipinski definition) is 7. The zero-order valence-electron chi connectivity index (χ0n) is 13.0. The second-order valence-corrected chi connectivity index (χ2v) is 5.86. The number of aromatic amines is 1. The molecule has 0 amide bonds. The van der Waals surface area contributed by atoms with Crippen molar-refractivity contribution in [3.63, 3.8) is 0 Å².